The number of piperazine rings is 1. The fourth-order valence-corrected chi connectivity index (χ4v) is 4.17. The number of piperidine rings is 1. The van der Waals surface area contributed by atoms with E-state index in [0.717, 1.165) is 38.9 Å². The first-order valence-electron chi connectivity index (χ1n) is 9.24. The zero-order chi connectivity index (χ0) is 17.3. The van der Waals surface area contributed by atoms with Gasteiger partial charge in [0.15, 0.2) is 0 Å². The average Bonchev–Trinajstić information content (AvgIpc) is 2.54. The van der Waals surface area contributed by atoms with E-state index in [4.69, 9.17) is 0 Å². The Bertz CT molecular complexity index is 542. The highest BCUT2D eigenvalue weighted by Crippen LogP contribution is 2.42. The number of likely N-dealkylation sites (tertiary alicyclic amines) is 1. The average molecular weight is 332 g/mol. The predicted octanol–water partition coefficient (Wildman–Crippen LogP) is 1.22. The number of carbonyl (C=O) groups is 2. The van der Waals surface area contributed by atoms with Crippen molar-refractivity contribution in [1.82, 2.24) is 14.7 Å². The summed E-state index contributed by atoms with van der Waals surface area (Å²) < 4.78 is 0. The zero-order valence-corrected chi connectivity index (χ0v) is 14.8. The number of carbonyl (C=O) groups excluding carboxylic acids is 2. The van der Waals surface area contributed by atoms with Crippen LogP contribution in [0.1, 0.15) is 46.0 Å². The van der Waals surface area contributed by atoms with E-state index in [0.29, 0.717) is 25.9 Å². The molecule has 0 unspecified atom stereocenters. The van der Waals surface area contributed by atoms with Crippen LogP contribution in [0.3, 0.4) is 0 Å². The molecule has 1 saturated carbocycles. The maximum Gasteiger partial charge on any atom is 0.243 e. The molecule has 0 N–H and O–H groups in total. The minimum atomic E-state index is -0.753. The van der Waals surface area contributed by atoms with E-state index in [1.165, 1.54) is 0 Å². The molecule has 0 aromatic heterocycles. The molecule has 3 fully saturated rings. The quantitative estimate of drug-likeness (QED) is 0.779. The maximum absolute atomic E-state index is 12.7. The third-order valence-corrected chi connectivity index (χ3v) is 5.94. The van der Waals surface area contributed by atoms with Crippen molar-refractivity contribution in [1.29, 1.82) is 5.26 Å². The molecule has 2 saturated heterocycles. The van der Waals surface area contributed by atoms with Crippen LogP contribution in [0.15, 0.2) is 0 Å². The van der Waals surface area contributed by atoms with Crippen LogP contribution in [0.25, 0.3) is 0 Å². The Morgan fingerprint density at radius 2 is 1.83 bits per heavy atom. The van der Waals surface area contributed by atoms with Gasteiger partial charge in [-0.1, -0.05) is 0 Å². The lowest BCUT2D eigenvalue weighted by Gasteiger charge is -2.45. The van der Waals surface area contributed by atoms with E-state index in [2.05, 4.69) is 24.8 Å². The molecule has 24 heavy (non-hydrogen) atoms. The summed E-state index contributed by atoms with van der Waals surface area (Å²) in [7, 11) is 0. The first-order chi connectivity index (χ1) is 11.5. The topological polar surface area (TPSA) is 67.7 Å². The highest BCUT2D eigenvalue weighted by atomic mass is 16.2. The van der Waals surface area contributed by atoms with Crippen molar-refractivity contribution in [3.8, 4) is 6.07 Å². The van der Waals surface area contributed by atoms with Gasteiger partial charge in [0, 0.05) is 38.8 Å². The Morgan fingerprint density at radius 1 is 1.17 bits per heavy atom. The van der Waals surface area contributed by atoms with Gasteiger partial charge < -0.3 is 9.80 Å². The van der Waals surface area contributed by atoms with Crippen LogP contribution in [-0.4, -0.2) is 71.3 Å². The summed E-state index contributed by atoms with van der Waals surface area (Å²) in [5.41, 5.74) is -0.753. The number of nitrogens with zero attached hydrogens (tertiary/aromatic N) is 4. The van der Waals surface area contributed by atoms with Gasteiger partial charge in [0.1, 0.15) is 5.41 Å². The molecule has 0 spiro atoms. The van der Waals surface area contributed by atoms with Crippen LogP contribution in [-0.2, 0) is 9.59 Å². The molecular weight excluding hydrogens is 304 g/mol. The minimum absolute atomic E-state index is 0.00896. The van der Waals surface area contributed by atoms with E-state index in [1.54, 1.807) is 0 Å². The van der Waals surface area contributed by atoms with Crippen molar-refractivity contribution in [3.63, 3.8) is 0 Å². The van der Waals surface area contributed by atoms with Crippen LogP contribution in [0, 0.1) is 16.7 Å². The van der Waals surface area contributed by atoms with Gasteiger partial charge in [0.25, 0.3) is 0 Å². The second-order valence-electron chi connectivity index (χ2n) is 7.66. The summed E-state index contributed by atoms with van der Waals surface area (Å²) >= 11 is 0. The minimum Gasteiger partial charge on any atom is -0.339 e. The molecule has 0 bridgehead atoms. The molecule has 0 aromatic carbocycles. The standard InChI is InChI=1S/C18H28N4O2/c1-14(2)22-8-3-5-15(16(22)23)20-9-11-21(12-10-20)17(24)18(13-19)6-4-7-18/h14-15H,3-12H2,1-2H3/t15-/m1/s1. The van der Waals surface area contributed by atoms with E-state index in [1.807, 2.05) is 9.80 Å². The first-order valence-corrected chi connectivity index (χ1v) is 9.24. The van der Waals surface area contributed by atoms with Crippen LogP contribution < -0.4 is 0 Å². The van der Waals surface area contributed by atoms with Gasteiger partial charge in [0.05, 0.1) is 12.1 Å². The SMILES string of the molecule is CC(C)N1CCC[C@@H](N2CCN(C(=O)C3(C#N)CCC3)CC2)C1=O. The lowest BCUT2D eigenvalue weighted by molar-refractivity contribution is -0.148. The fourth-order valence-electron chi connectivity index (χ4n) is 4.17. The van der Waals surface area contributed by atoms with Crippen molar-refractivity contribution in [2.75, 3.05) is 32.7 Å². The van der Waals surface area contributed by atoms with Gasteiger partial charge in [-0.15, -0.1) is 0 Å². The number of amides is 2. The van der Waals surface area contributed by atoms with Crippen LogP contribution in [0.2, 0.25) is 0 Å². The maximum atomic E-state index is 12.7. The lowest BCUT2D eigenvalue weighted by atomic mass is 9.69. The van der Waals surface area contributed by atoms with Crippen molar-refractivity contribution < 1.29 is 9.59 Å². The third-order valence-electron chi connectivity index (χ3n) is 5.94. The van der Waals surface area contributed by atoms with E-state index < -0.39 is 5.41 Å². The lowest BCUT2D eigenvalue weighted by Crippen LogP contribution is -2.60. The third kappa shape index (κ3) is 2.90. The molecule has 0 radical (unpaired) electrons. The molecule has 2 heterocycles. The Balaban J connectivity index is 1.58. The molecule has 6 heteroatoms. The second-order valence-corrected chi connectivity index (χ2v) is 7.66. The largest absolute Gasteiger partial charge is 0.339 e. The number of hydrogen-bond acceptors (Lipinski definition) is 4. The molecular formula is C18H28N4O2. The Morgan fingerprint density at radius 3 is 2.33 bits per heavy atom. The summed E-state index contributed by atoms with van der Waals surface area (Å²) in [6.45, 7) is 7.72. The van der Waals surface area contributed by atoms with Gasteiger partial charge in [-0.3, -0.25) is 14.5 Å². The summed E-state index contributed by atoms with van der Waals surface area (Å²) in [5, 5.41) is 9.35. The number of hydrogen-bond donors (Lipinski definition) is 0. The van der Waals surface area contributed by atoms with Crippen LogP contribution in [0.5, 0.6) is 0 Å². The number of nitriles is 1. The first kappa shape index (κ1) is 17.2. The highest BCUT2D eigenvalue weighted by molar-refractivity contribution is 5.86. The molecule has 2 aliphatic heterocycles. The zero-order valence-electron chi connectivity index (χ0n) is 14.8. The molecule has 0 aromatic rings. The Kier molecular flexibility index (Phi) is 4.82. The summed E-state index contributed by atoms with van der Waals surface area (Å²) in [6, 6.07) is 2.46. The van der Waals surface area contributed by atoms with Gasteiger partial charge in [-0.25, -0.2) is 0 Å². The normalized spacial score (nSPS) is 27.8. The van der Waals surface area contributed by atoms with Crippen molar-refractivity contribution in [2.24, 2.45) is 5.41 Å². The monoisotopic (exact) mass is 332 g/mol. The van der Waals surface area contributed by atoms with Gasteiger partial charge in [-0.05, 0) is 46.0 Å². The summed E-state index contributed by atoms with van der Waals surface area (Å²) in [6.07, 6.45) is 4.34. The molecule has 3 aliphatic rings. The van der Waals surface area contributed by atoms with Crippen molar-refractivity contribution in [2.45, 2.75) is 58.0 Å². The van der Waals surface area contributed by atoms with E-state index >= 15 is 0 Å². The fraction of sp³-hybridized carbons (Fsp3) is 0.833. The van der Waals surface area contributed by atoms with Crippen molar-refractivity contribution in [3.05, 3.63) is 0 Å². The highest BCUT2D eigenvalue weighted by Gasteiger charge is 2.47. The molecule has 6 nitrogen and oxygen atoms in total. The summed E-state index contributed by atoms with van der Waals surface area (Å²) in [5.74, 6) is 0.248. The van der Waals surface area contributed by atoms with Gasteiger partial charge in [0.2, 0.25) is 11.8 Å². The second kappa shape index (κ2) is 6.72. The van der Waals surface area contributed by atoms with E-state index in [-0.39, 0.29) is 23.9 Å². The Hall–Kier alpha value is -1.61. The molecule has 1 atom stereocenters. The smallest absolute Gasteiger partial charge is 0.243 e. The molecule has 2 amide bonds. The Labute approximate surface area is 144 Å². The van der Waals surface area contributed by atoms with Crippen LogP contribution >= 0.6 is 0 Å². The van der Waals surface area contributed by atoms with Crippen LogP contribution in [0.4, 0.5) is 0 Å². The molecule has 132 valence electrons. The van der Waals surface area contributed by atoms with E-state index in [9.17, 15) is 14.9 Å². The van der Waals surface area contributed by atoms with Gasteiger partial charge >= 0.3 is 0 Å². The number of rotatable bonds is 3. The van der Waals surface area contributed by atoms with Gasteiger partial charge in [-0.2, -0.15) is 5.26 Å². The summed E-state index contributed by atoms with van der Waals surface area (Å²) in [4.78, 5) is 31.4. The molecule has 1 aliphatic carbocycles. The van der Waals surface area contributed by atoms with Crippen molar-refractivity contribution >= 4 is 11.8 Å². The molecule has 3 rings (SSSR count). The predicted molar refractivity (Wildman–Crippen MR) is 89.9 cm³/mol.